The van der Waals surface area contributed by atoms with Gasteiger partial charge in [-0.2, -0.15) is 0 Å². The van der Waals surface area contributed by atoms with Gasteiger partial charge in [0.1, 0.15) is 0 Å². The maximum absolute atomic E-state index is 12.3. The topological polar surface area (TPSA) is 26.8 Å². The highest BCUT2D eigenvalue weighted by atomic mass is 16.2. The SMILES string of the molecule is CN1CCN(C(=O)C2CCCCN2C)CC1. The third kappa shape index (κ3) is 2.55. The largest absolute Gasteiger partial charge is 0.339 e. The number of carbonyl (C=O) groups excluding carboxylic acids is 1. The fourth-order valence-corrected chi connectivity index (χ4v) is 2.62. The van der Waals surface area contributed by atoms with E-state index in [1.165, 1.54) is 12.8 Å². The predicted molar refractivity (Wildman–Crippen MR) is 64.3 cm³/mol. The molecule has 0 aromatic rings. The first-order chi connectivity index (χ1) is 7.68. The van der Waals surface area contributed by atoms with Gasteiger partial charge in [0.25, 0.3) is 0 Å². The minimum atomic E-state index is 0.150. The van der Waals surface area contributed by atoms with Gasteiger partial charge in [0.05, 0.1) is 6.04 Å². The van der Waals surface area contributed by atoms with Crippen molar-refractivity contribution in [3.05, 3.63) is 0 Å². The van der Waals surface area contributed by atoms with Crippen molar-refractivity contribution in [1.29, 1.82) is 0 Å². The molecular formula is C12H23N3O. The summed E-state index contributed by atoms with van der Waals surface area (Å²) in [4.78, 5) is 18.9. The van der Waals surface area contributed by atoms with Gasteiger partial charge in [0.15, 0.2) is 0 Å². The van der Waals surface area contributed by atoms with Gasteiger partial charge in [-0.25, -0.2) is 0 Å². The molecule has 0 saturated carbocycles. The number of carbonyl (C=O) groups is 1. The van der Waals surface area contributed by atoms with Crippen LogP contribution in [0.4, 0.5) is 0 Å². The molecule has 2 heterocycles. The lowest BCUT2D eigenvalue weighted by molar-refractivity contribution is -0.139. The third-order valence-electron chi connectivity index (χ3n) is 3.87. The monoisotopic (exact) mass is 225 g/mol. The van der Waals surface area contributed by atoms with E-state index < -0.39 is 0 Å². The van der Waals surface area contributed by atoms with Crippen molar-refractivity contribution in [3.8, 4) is 0 Å². The van der Waals surface area contributed by atoms with E-state index in [1.54, 1.807) is 0 Å². The van der Waals surface area contributed by atoms with Crippen molar-refractivity contribution in [2.24, 2.45) is 0 Å². The molecule has 2 fully saturated rings. The number of rotatable bonds is 1. The molecule has 4 nitrogen and oxygen atoms in total. The average molecular weight is 225 g/mol. The summed E-state index contributed by atoms with van der Waals surface area (Å²) in [5.74, 6) is 0.357. The molecule has 1 unspecified atom stereocenters. The Morgan fingerprint density at radius 2 is 1.69 bits per heavy atom. The molecule has 1 atom stereocenters. The first-order valence-electron chi connectivity index (χ1n) is 6.36. The van der Waals surface area contributed by atoms with Gasteiger partial charge in [0, 0.05) is 26.2 Å². The summed E-state index contributed by atoms with van der Waals surface area (Å²) in [5.41, 5.74) is 0. The minimum absolute atomic E-state index is 0.150. The Morgan fingerprint density at radius 1 is 1.00 bits per heavy atom. The third-order valence-corrected chi connectivity index (χ3v) is 3.87. The first-order valence-corrected chi connectivity index (χ1v) is 6.36. The highest BCUT2D eigenvalue weighted by Gasteiger charge is 2.30. The number of amides is 1. The lowest BCUT2D eigenvalue weighted by Gasteiger charge is -2.38. The van der Waals surface area contributed by atoms with Crippen LogP contribution in [0.2, 0.25) is 0 Å². The van der Waals surface area contributed by atoms with Crippen LogP contribution in [0.15, 0.2) is 0 Å². The highest BCUT2D eigenvalue weighted by Crippen LogP contribution is 2.17. The molecular weight excluding hydrogens is 202 g/mol. The molecule has 2 rings (SSSR count). The molecule has 92 valence electrons. The normalized spacial score (nSPS) is 29.4. The highest BCUT2D eigenvalue weighted by molar-refractivity contribution is 5.82. The standard InChI is InChI=1S/C12H23N3O/c1-13-7-9-15(10-8-13)12(16)11-5-3-4-6-14(11)2/h11H,3-10H2,1-2H3. The molecule has 0 aromatic carbocycles. The van der Waals surface area contributed by atoms with Crippen molar-refractivity contribution < 1.29 is 4.79 Å². The summed E-state index contributed by atoms with van der Waals surface area (Å²) in [6, 6.07) is 0.150. The molecule has 2 aliphatic heterocycles. The summed E-state index contributed by atoms with van der Waals surface area (Å²) in [5, 5.41) is 0. The molecule has 0 N–H and O–H groups in total. The number of nitrogens with zero attached hydrogens (tertiary/aromatic N) is 3. The van der Waals surface area contributed by atoms with Crippen LogP contribution in [-0.4, -0.2) is 73.5 Å². The number of piperidine rings is 1. The second-order valence-electron chi connectivity index (χ2n) is 5.12. The maximum atomic E-state index is 12.3. The maximum Gasteiger partial charge on any atom is 0.240 e. The van der Waals surface area contributed by atoms with E-state index in [4.69, 9.17) is 0 Å². The second kappa shape index (κ2) is 5.15. The van der Waals surface area contributed by atoms with Gasteiger partial charge < -0.3 is 9.80 Å². The van der Waals surface area contributed by atoms with Crippen molar-refractivity contribution in [3.63, 3.8) is 0 Å². The van der Waals surface area contributed by atoms with Gasteiger partial charge in [-0.3, -0.25) is 9.69 Å². The van der Waals surface area contributed by atoms with Crippen molar-refractivity contribution in [1.82, 2.24) is 14.7 Å². The zero-order chi connectivity index (χ0) is 11.5. The summed E-state index contributed by atoms with van der Waals surface area (Å²) in [6.07, 6.45) is 3.49. The van der Waals surface area contributed by atoms with Gasteiger partial charge in [-0.05, 0) is 33.5 Å². The second-order valence-corrected chi connectivity index (χ2v) is 5.12. The Kier molecular flexibility index (Phi) is 3.82. The Labute approximate surface area is 98.2 Å². The van der Waals surface area contributed by atoms with Crippen LogP contribution in [-0.2, 0) is 4.79 Å². The molecule has 0 aliphatic carbocycles. The van der Waals surface area contributed by atoms with Crippen LogP contribution in [0, 0.1) is 0 Å². The Hall–Kier alpha value is -0.610. The number of likely N-dealkylation sites (tertiary alicyclic amines) is 1. The fourth-order valence-electron chi connectivity index (χ4n) is 2.62. The van der Waals surface area contributed by atoms with Crippen LogP contribution >= 0.6 is 0 Å². The van der Waals surface area contributed by atoms with Crippen LogP contribution in [0.5, 0.6) is 0 Å². The lowest BCUT2D eigenvalue weighted by Crippen LogP contribution is -2.54. The van der Waals surface area contributed by atoms with Crippen LogP contribution in [0.25, 0.3) is 0 Å². The zero-order valence-corrected chi connectivity index (χ0v) is 10.5. The molecule has 16 heavy (non-hydrogen) atoms. The van der Waals surface area contributed by atoms with E-state index in [0.29, 0.717) is 5.91 Å². The van der Waals surface area contributed by atoms with Crippen molar-refractivity contribution in [2.75, 3.05) is 46.8 Å². The molecule has 0 radical (unpaired) electrons. The molecule has 0 spiro atoms. The number of hydrogen-bond donors (Lipinski definition) is 0. The van der Waals surface area contributed by atoms with E-state index in [2.05, 4.69) is 23.9 Å². The first kappa shape index (κ1) is 11.9. The minimum Gasteiger partial charge on any atom is -0.339 e. The Morgan fingerprint density at radius 3 is 2.31 bits per heavy atom. The zero-order valence-electron chi connectivity index (χ0n) is 10.5. The quantitative estimate of drug-likeness (QED) is 0.640. The van der Waals surface area contributed by atoms with E-state index in [9.17, 15) is 4.79 Å². The summed E-state index contributed by atoms with van der Waals surface area (Å²) in [6.45, 7) is 4.91. The molecule has 2 saturated heterocycles. The summed E-state index contributed by atoms with van der Waals surface area (Å²) >= 11 is 0. The van der Waals surface area contributed by atoms with Crippen LogP contribution in [0.3, 0.4) is 0 Å². The Bertz CT molecular complexity index is 249. The van der Waals surface area contributed by atoms with Gasteiger partial charge >= 0.3 is 0 Å². The van der Waals surface area contributed by atoms with Gasteiger partial charge in [-0.15, -0.1) is 0 Å². The Balaban J connectivity index is 1.90. The number of likely N-dealkylation sites (N-methyl/N-ethyl adjacent to an activating group) is 2. The lowest BCUT2D eigenvalue weighted by atomic mass is 10.0. The molecule has 4 heteroatoms. The van der Waals surface area contributed by atoms with E-state index >= 15 is 0 Å². The van der Waals surface area contributed by atoms with Crippen LogP contribution in [0.1, 0.15) is 19.3 Å². The number of hydrogen-bond acceptors (Lipinski definition) is 3. The molecule has 0 aromatic heterocycles. The summed E-state index contributed by atoms with van der Waals surface area (Å²) < 4.78 is 0. The van der Waals surface area contributed by atoms with Crippen molar-refractivity contribution in [2.45, 2.75) is 25.3 Å². The molecule has 1 amide bonds. The molecule has 2 aliphatic rings. The van der Waals surface area contributed by atoms with Gasteiger partial charge in [-0.1, -0.05) is 6.42 Å². The van der Waals surface area contributed by atoms with Gasteiger partial charge in [0.2, 0.25) is 5.91 Å². The van der Waals surface area contributed by atoms with E-state index in [-0.39, 0.29) is 6.04 Å². The molecule has 0 bridgehead atoms. The fraction of sp³-hybridized carbons (Fsp3) is 0.917. The number of piperazine rings is 1. The van der Waals surface area contributed by atoms with E-state index in [0.717, 1.165) is 39.1 Å². The van der Waals surface area contributed by atoms with Crippen molar-refractivity contribution >= 4 is 5.91 Å². The van der Waals surface area contributed by atoms with E-state index in [1.807, 2.05) is 4.90 Å². The summed E-state index contributed by atoms with van der Waals surface area (Å²) in [7, 11) is 4.20. The predicted octanol–water partition coefficient (Wildman–Crippen LogP) is 0.245. The smallest absolute Gasteiger partial charge is 0.240 e. The van der Waals surface area contributed by atoms with Crippen LogP contribution < -0.4 is 0 Å². The average Bonchev–Trinajstić information content (AvgIpc) is 2.30.